The van der Waals surface area contributed by atoms with E-state index in [9.17, 15) is 0 Å². The molecule has 0 radical (unpaired) electrons. The highest BCUT2D eigenvalue weighted by Crippen LogP contribution is 2.36. The van der Waals surface area contributed by atoms with E-state index in [0.29, 0.717) is 6.61 Å². The van der Waals surface area contributed by atoms with Crippen molar-refractivity contribution in [1.82, 2.24) is 4.98 Å². The van der Waals surface area contributed by atoms with Crippen LogP contribution >= 0.6 is 0 Å². The molecule has 0 spiro atoms. The summed E-state index contributed by atoms with van der Waals surface area (Å²) in [5.74, 6) is 0.819. The molecule has 0 amide bonds. The fourth-order valence-corrected chi connectivity index (χ4v) is 2.77. The molecule has 0 fully saturated rings. The summed E-state index contributed by atoms with van der Waals surface area (Å²) >= 11 is 0. The van der Waals surface area contributed by atoms with Gasteiger partial charge in [-0.1, -0.05) is 18.2 Å². The number of fused-ring (bicyclic) bond motifs is 1. The van der Waals surface area contributed by atoms with Crippen molar-refractivity contribution in [2.45, 2.75) is 25.8 Å². The Morgan fingerprint density at radius 3 is 3.11 bits per heavy atom. The zero-order valence-electron chi connectivity index (χ0n) is 11.1. The molecule has 1 heterocycles. The number of hydrogen-bond donors (Lipinski definition) is 1. The highest BCUT2D eigenvalue weighted by molar-refractivity contribution is 5.70. The molecule has 3 heteroatoms. The Kier molecular flexibility index (Phi) is 3.22. The minimum atomic E-state index is 0.179. The molecule has 1 unspecified atom stereocenters. The first kappa shape index (κ1) is 12.2. The average molecular weight is 254 g/mol. The second-order valence-electron chi connectivity index (χ2n) is 4.86. The molecule has 1 atom stereocenters. The molecule has 0 bridgehead atoms. The molecule has 98 valence electrons. The second kappa shape index (κ2) is 5.02. The topological polar surface area (TPSA) is 48.1 Å². The quantitative estimate of drug-likeness (QED) is 0.915. The van der Waals surface area contributed by atoms with Gasteiger partial charge in [-0.05, 0) is 42.5 Å². The first-order valence-electron chi connectivity index (χ1n) is 6.75. The molecule has 19 heavy (non-hydrogen) atoms. The largest absolute Gasteiger partial charge is 0.492 e. The van der Waals surface area contributed by atoms with Gasteiger partial charge < -0.3 is 10.5 Å². The summed E-state index contributed by atoms with van der Waals surface area (Å²) in [6, 6.07) is 8.58. The summed E-state index contributed by atoms with van der Waals surface area (Å²) in [4.78, 5) is 4.27. The monoisotopic (exact) mass is 254 g/mol. The molecule has 2 N–H and O–H groups in total. The minimum Gasteiger partial charge on any atom is -0.492 e. The molecule has 3 rings (SSSR count). The van der Waals surface area contributed by atoms with Crippen LogP contribution in [-0.2, 0) is 6.42 Å². The van der Waals surface area contributed by atoms with Gasteiger partial charge in [0.2, 0.25) is 0 Å². The highest BCUT2D eigenvalue weighted by Gasteiger charge is 2.21. The predicted molar refractivity (Wildman–Crippen MR) is 76.1 cm³/mol. The molecule has 1 aromatic carbocycles. The van der Waals surface area contributed by atoms with Crippen LogP contribution in [0.15, 0.2) is 36.7 Å². The molecular formula is C16H18N2O. The molecule has 3 nitrogen and oxygen atoms in total. The van der Waals surface area contributed by atoms with Gasteiger partial charge in [0, 0.05) is 17.8 Å². The summed E-state index contributed by atoms with van der Waals surface area (Å²) < 4.78 is 5.52. The Hall–Kier alpha value is -1.87. The fraction of sp³-hybridized carbons (Fsp3) is 0.312. The van der Waals surface area contributed by atoms with Crippen LogP contribution in [-0.4, -0.2) is 11.6 Å². The summed E-state index contributed by atoms with van der Waals surface area (Å²) in [5, 5.41) is 0. The van der Waals surface area contributed by atoms with E-state index in [2.05, 4.69) is 29.2 Å². The third-order valence-corrected chi connectivity index (χ3v) is 3.65. The summed E-state index contributed by atoms with van der Waals surface area (Å²) in [7, 11) is 0. The highest BCUT2D eigenvalue weighted by atomic mass is 16.5. The Morgan fingerprint density at radius 2 is 2.26 bits per heavy atom. The fourth-order valence-electron chi connectivity index (χ4n) is 2.77. The van der Waals surface area contributed by atoms with E-state index in [-0.39, 0.29) is 6.04 Å². The Labute approximate surface area is 113 Å². The zero-order valence-corrected chi connectivity index (χ0v) is 11.1. The summed E-state index contributed by atoms with van der Waals surface area (Å²) in [6.07, 6.45) is 5.72. The van der Waals surface area contributed by atoms with E-state index in [1.165, 1.54) is 16.7 Å². The van der Waals surface area contributed by atoms with Gasteiger partial charge in [0.25, 0.3) is 0 Å². The number of hydrogen-bond acceptors (Lipinski definition) is 3. The first-order valence-corrected chi connectivity index (χ1v) is 6.75. The van der Waals surface area contributed by atoms with Gasteiger partial charge in [-0.2, -0.15) is 0 Å². The lowest BCUT2D eigenvalue weighted by Gasteiger charge is -2.11. The van der Waals surface area contributed by atoms with Gasteiger partial charge in [-0.15, -0.1) is 0 Å². The van der Waals surface area contributed by atoms with Crippen LogP contribution in [0.3, 0.4) is 0 Å². The number of rotatable bonds is 3. The first-order chi connectivity index (χ1) is 9.29. The van der Waals surface area contributed by atoms with Gasteiger partial charge in [0.05, 0.1) is 12.8 Å². The zero-order chi connectivity index (χ0) is 13.2. The van der Waals surface area contributed by atoms with Gasteiger partial charge in [0.15, 0.2) is 0 Å². The Bertz CT molecular complexity index is 595. The van der Waals surface area contributed by atoms with Crippen molar-refractivity contribution in [3.63, 3.8) is 0 Å². The molecular weight excluding hydrogens is 236 g/mol. The molecule has 0 saturated carbocycles. The van der Waals surface area contributed by atoms with Crippen molar-refractivity contribution in [1.29, 1.82) is 0 Å². The lowest BCUT2D eigenvalue weighted by molar-refractivity contribution is 0.339. The Morgan fingerprint density at radius 1 is 1.37 bits per heavy atom. The van der Waals surface area contributed by atoms with E-state index in [4.69, 9.17) is 10.5 Å². The lowest BCUT2D eigenvalue weighted by atomic mass is 9.97. The van der Waals surface area contributed by atoms with Crippen LogP contribution in [0.4, 0.5) is 0 Å². The molecule has 1 aliphatic rings. The average Bonchev–Trinajstić information content (AvgIpc) is 2.81. The van der Waals surface area contributed by atoms with Crippen LogP contribution in [0.5, 0.6) is 5.75 Å². The molecule has 2 aromatic rings. The minimum absolute atomic E-state index is 0.179. The van der Waals surface area contributed by atoms with Crippen molar-refractivity contribution in [3.8, 4) is 16.9 Å². The van der Waals surface area contributed by atoms with E-state index >= 15 is 0 Å². The molecule has 0 saturated heterocycles. The van der Waals surface area contributed by atoms with E-state index in [1.54, 1.807) is 6.20 Å². The molecule has 1 aliphatic carbocycles. The third-order valence-electron chi connectivity index (χ3n) is 3.65. The predicted octanol–water partition coefficient (Wildman–Crippen LogP) is 3.09. The van der Waals surface area contributed by atoms with Crippen LogP contribution in [0.2, 0.25) is 0 Å². The number of pyridine rings is 1. The molecule has 0 aliphatic heterocycles. The number of benzene rings is 1. The number of aromatic nitrogens is 1. The van der Waals surface area contributed by atoms with E-state index in [1.807, 2.05) is 13.1 Å². The van der Waals surface area contributed by atoms with E-state index in [0.717, 1.165) is 24.2 Å². The SMILES string of the molecule is CCOc1cncc(-c2cccc3c2CCC3N)c1. The van der Waals surface area contributed by atoms with Gasteiger partial charge in [-0.25, -0.2) is 0 Å². The van der Waals surface area contributed by atoms with Crippen LogP contribution in [0, 0.1) is 0 Å². The summed E-state index contributed by atoms with van der Waals surface area (Å²) in [6.45, 7) is 2.63. The van der Waals surface area contributed by atoms with Crippen molar-refractivity contribution in [3.05, 3.63) is 47.8 Å². The van der Waals surface area contributed by atoms with Crippen molar-refractivity contribution in [2.75, 3.05) is 6.61 Å². The van der Waals surface area contributed by atoms with Crippen LogP contribution in [0.25, 0.3) is 11.1 Å². The smallest absolute Gasteiger partial charge is 0.138 e. The maximum Gasteiger partial charge on any atom is 0.138 e. The lowest BCUT2D eigenvalue weighted by Crippen LogP contribution is -2.04. The van der Waals surface area contributed by atoms with Gasteiger partial charge in [-0.3, -0.25) is 4.98 Å². The van der Waals surface area contributed by atoms with Crippen LogP contribution < -0.4 is 10.5 Å². The maximum absolute atomic E-state index is 6.13. The maximum atomic E-state index is 6.13. The molecule has 1 aromatic heterocycles. The number of nitrogens with zero attached hydrogens (tertiary/aromatic N) is 1. The van der Waals surface area contributed by atoms with E-state index < -0.39 is 0 Å². The number of ether oxygens (including phenoxy) is 1. The van der Waals surface area contributed by atoms with Gasteiger partial charge in [0.1, 0.15) is 5.75 Å². The van der Waals surface area contributed by atoms with Crippen molar-refractivity contribution in [2.24, 2.45) is 5.73 Å². The normalized spacial score (nSPS) is 17.3. The Balaban J connectivity index is 2.05. The number of nitrogens with two attached hydrogens (primary N) is 1. The van der Waals surface area contributed by atoms with Crippen LogP contribution in [0.1, 0.15) is 30.5 Å². The standard InChI is InChI=1S/C16H18N2O/c1-2-19-12-8-11(9-18-10-12)13-4-3-5-15-14(13)6-7-16(15)17/h3-5,8-10,16H,2,6-7,17H2,1H3. The summed E-state index contributed by atoms with van der Waals surface area (Å²) in [5.41, 5.74) is 11.1. The van der Waals surface area contributed by atoms with Crippen molar-refractivity contribution >= 4 is 0 Å². The second-order valence-corrected chi connectivity index (χ2v) is 4.86. The van der Waals surface area contributed by atoms with Gasteiger partial charge >= 0.3 is 0 Å². The third kappa shape index (κ3) is 2.22. The van der Waals surface area contributed by atoms with Crippen molar-refractivity contribution < 1.29 is 4.74 Å².